The summed E-state index contributed by atoms with van der Waals surface area (Å²) in [5.74, 6) is 0. The molecule has 0 aliphatic heterocycles. The molecule has 1 aromatic carbocycles. The van der Waals surface area contributed by atoms with E-state index in [9.17, 15) is 0 Å². The van der Waals surface area contributed by atoms with E-state index in [-0.39, 0.29) is 0 Å². The Kier molecular flexibility index (Phi) is 4.42. The van der Waals surface area contributed by atoms with Gasteiger partial charge in [0.1, 0.15) is 0 Å². The van der Waals surface area contributed by atoms with E-state index in [1.165, 1.54) is 44.9 Å². The second-order valence-electron chi connectivity index (χ2n) is 5.18. The maximum absolute atomic E-state index is 2.47. The maximum atomic E-state index is 2.47. The summed E-state index contributed by atoms with van der Waals surface area (Å²) in [7, 11) is 0. The first kappa shape index (κ1) is 12.4. The zero-order chi connectivity index (χ0) is 12.1. The van der Waals surface area contributed by atoms with Gasteiger partial charge in [-0.3, -0.25) is 0 Å². The van der Waals surface area contributed by atoms with Crippen molar-refractivity contribution in [3.8, 4) is 0 Å². The summed E-state index contributed by atoms with van der Waals surface area (Å²) < 4.78 is 0. The van der Waals surface area contributed by atoms with Gasteiger partial charge >= 0.3 is 0 Å². The third-order valence-corrected chi connectivity index (χ3v) is 3.67. The molecular formula is C17H24. The molecule has 1 aliphatic carbocycles. The van der Waals surface area contributed by atoms with Crippen molar-refractivity contribution in [1.82, 2.24) is 0 Å². The molecule has 0 unspecified atom stereocenters. The molecule has 0 aromatic heterocycles. The van der Waals surface area contributed by atoms with E-state index >= 15 is 0 Å². The van der Waals surface area contributed by atoms with Crippen molar-refractivity contribution in [3.63, 3.8) is 0 Å². The Morgan fingerprint density at radius 1 is 1.00 bits per heavy atom. The van der Waals surface area contributed by atoms with Crippen LogP contribution in [-0.2, 0) is 12.8 Å². The molecule has 0 nitrogen and oxygen atoms in total. The fourth-order valence-electron chi connectivity index (χ4n) is 2.76. The standard InChI is InChI=1S/C17H24/c1-3-5-6-9-14-12-16-11-7-10-15(8-4-2)17(16)13-14/h7,10-11,13H,3-6,8-9,12H2,1-2H3. The van der Waals surface area contributed by atoms with Crippen LogP contribution in [0.25, 0.3) is 6.08 Å². The van der Waals surface area contributed by atoms with Crippen molar-refractivity contribution >= 4 is 6.08 Å². The fraction of sp³-hybridized carbons (Fsp3) is 0.529. The molecule has 0 atom stereocenters. The van der Waals surface area contributed by atoms with Gasteiger partial charge in [-0.15, -0.1) is 0 Å². The van der Waals surface area contributed by atoms with Crippen LogP contribution in [0.3, 0.4) is 0 Å². The van der Waals surface area contributed by atoms with Gasteiger partial charge in [0.15, 0.2) is 0 Å². The predicted octanol–water partition coefficient (Wildman–Crippen LogP) is 5.16. The molecular weight excluding hydrogens is 204 g/mol. The molecule has 0 radical (unpaired) electrons. The Morgan fingerprint density at radius 3 is 2.65 bits per heavy atom. The number of allylic oxidation sites excluding steroid dienone is 1. The molecule has 0 heterocycles. The first-order chi connectivity index (χ1) is 8.35. The zero-order valence-electron chi connectivity index (χ0n) is 11.3. The summed E-state index contributed by atoms with van der Waals surface area (Å²) in [4.78, 5) is 0. The number of benzene rings is 1. The molecule has 17 heavy (non-hydrogen) atoms. The SMILES string of the molecule is CCCCCC1=Cc2c(CCC)cccc2C1. The Hall–Kier alpha value is -1.04. The third kappa shape index (κ3) is 3.00. The number of unbranched alkanes of at least 4 members (excludes halogenated alkanes) is 2. The Morgan fingerprint density at radius 2 is 1.88 bits per heavy atom. The summed E-state index contributed by atoms with van der Waals surface area (Å²) in [6.45, 7) is 4.54. The van der Waals surface area contributed by atoms with Crippen molar-refractivity contribution in [2.24, 2.45) is 0 Å². The largest absolute Gasteiger partial charge is 0.0654 e. The molecule has 1 aromatic rings. The van der Waals surface area contributed by atoms with Crippen LogP contribution in [0.5, 0.6) is 0 Å². The van der Waals surface area contributed by atoms with Crippen LogP contribution in [-0.4, -0.2) is 0 Å². The van der Waals surface area contributed by atoms with Gasteiger partial charge in [0.2, 0.25) is 0 Å². The molecule has 0 heteroatoms. The normalized spacial score (nSPS) is 13.6. The highest BCUT2D eigenvalue weighted by atomic mass is 14.2. The average molecular weight is 228 g/mol. The lowest BCUT2D eigenvalue weighted by molar-refractivity contribution is 0.709. The minimum atomic E-state index is 1.20. The van der Waals surface area contributed by atoms with Gasteiger partial charge in [0.25, 0.3) is 0 Å². The summed E-state index contributed by atoms with van der Waals surface area (Å²) in [5.41, 5.74) is 6.30. The number of rotatable bonds is 6. The summed E-state index contributed by atoms with van der Waals surface area (Å²) in [6.07, 6.45) is 11.5. The van der Waals surface area contributed by atoms with Crippen LogP contribution < -0.4 is 0 Å². The van der Waals surface area contributed by atoms with Crippen LogP contribution in [0.15, 0.2) is 23.8 Å². The minimum Gasteiger partial charge on any atom is -0.0654 e. The number of hydrogen-bond donors (Lipinski definition) is 0. The molecule has 0 fully saturated rings. The van der Waals surface area contributed by atoms with Crippen molar-refractivity contribution in [3.05, 3.63) is 40.5 Å². The number of hydrogen-bond acceptors (Lipinski definition) is 0. The van der Waals surface area contributed by atoms with E-state index in [2.05, 4.69) is 38.1 Å². The molecule has 1 aliphatic rings. The zero-order valence-corrected chi connectivity index (χ0v) is 11.3. The monoisotopic (exact) mass is 228 g/mol. The second-order valence-corrected chi connectivity index (χ2v) is 5.18. The highest BCUT2D eigenvalue weighted by Gasteiger charge is 2.14. The highest BCUT2D eigenvalue weighted by Crippen LogP contribution is 2.31. The predicted molar refractivity (Wildman–Crippen MR) is 76.3 cm³/mol. The molecule has 0 amide bonds. The molecule has 92 valence electrons. The molecule has 2 rings (SSSR count). The number of aryl methyl sites for hydroxylation is 1. The van der Waals surface area contributed by atoms with Gasteiger partial charge in [-0.1, -0.05) is 63.0 Å². The summed E-state index contributed by atoms with van der Waals surface area (Å²) >= 11 is 0. The van der Waals surface area contributed by atoms with Crippen molar-refractivity contribution < 1.29 is 0 Å². The Balaban J connectivity index is 2.07. The first-order valence-corrected chi connectivity index (χ1v) is 7.15. The van der Waals surface area contributed by atoms with E-state index in [0.717, 1.165) is 0 Å². The molecule has 0 saturated carbocycles. The topological polar surface area (TPSA) is 0 Å². The van der Waals surface area contributed by atoms with Crippen LogP contribution in [0.2, 0.25) is 0 Å². The fourth-order valence-corrected chi connectivity index (χ4v) is 2.76. The van der Waals surface area contributed by atoms with Gasteiger partial charge < -0.3 is 0 Å². The van der Waals surface area contributed by atoms with Crippen LogP contribution in [0, 0.1) is 0 Å². The van der Waals surface area contributed by atoms with Crippen LogP contribution in [0.4, 0.5) is 0 Å². The van der Waals surface area contributed by atoms with E-state index in [0.29, 0.717) is 0 Å². The lowest BCUT2D eigenvalue weighted by Crippen LogP contribution is -1.90. The van der Waals surface area contributed by atoms with Crippen molar-refractivity contribution in [1.29, 1.82) is 0 Å². The van der Waals surface area contributed by atoms with E-state index in [1.54, 1.807) is 22.3 Å². The maximum Gasteiger partial charge on any atom is -0.00577 e. The quantitative estimate of drug-likeness (QED) is 0.590. The van der Waals surface area contributed by atoms with Gasteiger partial charge in [-0.25, -0.2) is 0 Å². The summed E-state index contributed by atoms with van der Waals surface area (Å²) in [5, 5.41) is 0. The highest BCUT2D eigenvalue weighted by molar-refractivity contribution is 5.66. The Labute approximate surface area is 106 Å². The lowest BCUT2D eigenvalue weighted by atomic mass is 10.00. The summed E-state index contributed by atoms with van der Waals surface area (Å²) in [6, 6.07) is 6.83. The van der Waals surface area contributed by atoms with Crippen LogP contribution >= 0.6 is 0 Å². The van der Waals surface area contributed by atoms with Gasteiger partial charge in [-0.05, 0) is 42.4 Å². The first-order valence-electron chi connectivity index (χ1n) is 7.15. The van der Waals surface area contributed by atoms with E-state index in [4.69, 9.17) is 0 Å². The third-order valence-electron chi connectivity index (χ3n) is 3.67. The van der Waals surface area contributed by atoms with Gasteiger partial charge in [0.05, 0.1) is 0 Å². The molecule has 0 spiro atoms. The smallest absolute Gasteiger partial charge is 0.00577 e. The van der Waals surface area contributed by atoms with Gasteiger partial charge in [0, 0.05) is 0 Å². The number of fused-ring (bicyclic) bond motifs is 1. The second kappa shape index (κ2) is 6.05. The molecule has 0 saturated heterocycles. The van der Waals surface area contributed by atoms with E-state index < -0.39 is 0 Å². The van der Waals surface area contributed by atoms with E-state index in [1.807, 2.05) is 0 Å². The van der Waals surface area contributed by atoms with Gasteiger partial charge in [-0.2, -0.15) is 0 Å². The minimum absolute atomic E-state index is 1.20. The Bertz CT molecular complexity index is 398. The van der Waals surface area contributed by atoms with Crippen LogP contribution in [0.1, 0.15) is 62.6 Å². The van der Waals surface area contributed by atoms with Crippen molar-refractivity contribution in [2.75, 3.05) is 0 Å². The average Bonchev–Trinajstić information content (AvgIpc) is 2.74. The molecule has 0 bridgehead atoms. The lowest BCUT2D eigenvalue weighted by Gasteiger charge is -2.05. The van der Waals surface area contributed by atoms with Crippen molar-refractivity contribution in [2.45, 2.75) is 58.8 Å². The molecule has 0 N–H and O–H groups in total.